The van der Waals surface area contributed by atoms with Gasteiger partial charge in [-0.05, 0) is 118 Å². The molecule has 4 aromatic carbocycles. The van der Waals surface area contributed by atoms with Crippen LogP contribution in [0.1, 0.15) is 77.0 Å². The maximum Gasteiger partial charge on any atom is 0.127 e. The second-order valence-corrected chi connectivity index (χ2v) is 19.2. The van der Waals surface area contributed by atoms with Crippen LogP contribution in [0.25, 0.3) is 0 Å². The minimum absolute atomic E-state index is 0.0000926. The fraction of sp³-hybridized carbons (Fsp3) is 0.500. The summed E-state index contributed by atoms with van der Waals surface area (Å²) in [5.74, 6) is 4.35. The Hall–Kier alpha value is -3.39. The van der Waals surface area contributed by atoms with Crippen LogP contribution in [0, 0.1) is 17.8 Å². The SMILES string of the molecule is OC1C(CC[SiH3])CCCC1Oc1ccccc1.OC1CCCC(CC[SiH3])C1Oc1ccccc1.Oc1ccccc1.Oc1ccccc1.[SiH3]CCC1CCCC2OC12. The van der Waals surface area contributed by atoms with Crippen molar-refractivity contribution in [3.8, 4) is 23.0 Å². The number of phenolic OH excluding ortho intramolecular Hbond substituents is 2. The smallest absolute Gasteiger partial charge is 0.127 e. The van der Waals surface area contributed by atoms with Gasteiger partial charge in [0.25, 0.3) is 0 Å². The average Bonchev–Trinajstić information content (AvgIpc) is 4.05. The molecule has 4 aromatic rings. The van der Waals surface area contributed by atoms with Crippen LogP contribution < -0.4 is 9.47 Å². The van der Waals surface area contributed by atoms with E-state index in [0.717, 1.165) is 43.1 Å². The molecule has 3 saturated carbocycles. The number of benzene rings is 4. The molecule has 0 amide bonds. The van der Waals surface area contributed by atoms with Crippen molar-refractivity contribution >= 4 is 30.7 Å². The van der Waals surface area contributed by atoms with Gasteiger partial charge < -0.3 is 34.6 Å². The number of para-hydroxylation sites is 4. The van der Waals surface area contributed by atoms with Crippen molar-refractivity contribution in [2.24, 2.45) is 17.8 Å². The Morgan fingerprint density at radius 3 is 1.45 bits per heavy atom. The van der Waals surface area contributed by atoms with Crippen molar-refractivity contribution < 1.29 is 34.6 Å². The Bertz CT molecular complexity index is 1550. The van der Waals surface area contributed by atoms with E-state index in [2.05, 4.69) is 0 Å². The molecule has 4 fully saturated rings. The maximum atomic E-state index is 10.3. The van der Waals surface area contributed by atoms with Crippen molar-refractivity contribution in [2.45, 2.75) is 132 Å². The number of hydrogen-bond acceptors (Lipinski definition) is 7. The van der Waals surface area contributed by atoms with Gasteiger partial charge in [0.05, 0.1) is 24.4 Å². The van der Waals surface area contributed by atoms with E-state index >= 15 is 0 Å². The second-order valence-electron chi connectivity index (χ2n) is 16.2. The van der Waals surface area contributed by atoms with Gasteiger partial charge in [-0.25, -0.2) is 0 Å². The highest BCUT2D eigenvalue weighted by molar-refractivity contribution is 6.08. The van der Waals surface area contributed by atoms with Crippen LogP contribution in [0.5, 0.6) is 23.0 Å². The van der Waals surface area contributed by atoms with E-state index in [9.17, 15) is 10.2 Å². The Balaban J connectivity index is 0.000000169. The quantitative estimate of drug-likeness (QED) is 0.100. The normalized spacial score (nSPS) is 26.9. The summed E-state index contributed by atoms with van der Waals surface area (Å²) < 4.78 is 17.5. The summed E-state index contributed by atoms with van der Waals surface area (Å²) in [7, 11) is 3.85. The van der Waals surface area contributed by atoms with Crippen molar-refractivity contribution in [3.63, 3.8) is 0 Å². The first-order valence-electron chi connectivity index (χ1n) is 22.3. The van der Waals surface area contributed by atoms with Gasteiger partial charge in [-0.2, -0.15) is 0 Å². The van der Waals surface area contributed by atoms with Gasteiger partial charge in [0.15, 0.2) is 0 Å². The van der Waals surface area contributed by atoms with E-state index in [1.807, 2.05) is 72.8 Å². The fourth-order valence-electron chi connectivity index (χ4n) is 8.54. The van der Waals surface area contributed by atoms with Gasteiger partial charge in [-0.3, -0.25) is 0 Å². The highest BCUT2D eigenvalue weighted by Gasteiger charge is 2.46. The number of rotatable bonds is 10. The summed E-state index contributed by atoms with van der Waals surface area (Å²) >= 11 is 0. The molecule has 8 rings (SSSR count). The first kappa shape index (κ1) is 47.3. The van der Waals surface area contributed by atoms with Crippen molar-refractivity contribution in [1.29, 1.82) is 0 Å². The van der Waals surface area contributed by atoms with Crippen molar-refractivity contribution in [2.75, 3.05) is 0 Å². The monoisotopic (exact) mass is 844 g/mol. The van der Waals surface area contributed by atoms with Gasteiger partial charge in [0.1, 0.15) is 35.2 Å². The molecular weight excluding hydrogens is 773 g/mol. The lowest BCUT2D eigenvalue weighted by atomic mass is 9.82. The number of fused-ring (bicyclic) bond motifs is 1. The number of aliphatic hydroxyl groups excluding tert-OH is 2. The maximum absolute atomic E-state index is 10.3. The zero-order chi connectivity index (χ0) is 41.4. The molecule has 1 heterocycles. The van der Waals surface area contributed by atoms with E-state index in [-0.39, 0.29) is 24.4 Å². The lowest BCUT2D eigenvalue weighted by molar-refractivity contribution is -0.0320. The Kier molecular flexibility index (Phi) is 22.3. The van der Waals surface area contributed by atoms with E-state index < -0.39 is 0 Å². The summed E-state index contributed by atoms with van der Waals surface area (Å²) in [6.45, 7) is 0. The molecule has 9 atom stereocenters. The Morgan fingerprint density at radius 2 is 0.931 bits per heavy atom. The van der Waals surface area contributed by atoms with Gasteiger partial charge >= 0.3 is 0 Å². The summed E-state index contributed by atoms with van der Waals surface area (Å²) in [6.07, 6.45) is 15.4. The molecule has 0 radical (unpaired) electrons. The molecular formula is C48H72O7Si3. The molecule has 318 valence electrons. The standard InChI is InChI=1S/2C14H22O2Si.C8H16OSi.2C6H6O/c15-14-11(9-10-17)5-4-8-13(14)16-12-6-2-1-3-7-12;15-13-8-4-5-11(9-10-17)14(13)16-12-6-2-1-3-7-12;10-5-4-6-2-1-3-7-8(6)9-7;2*7-6-4-2-1-3-5-6/h2*1-3,6-7,11,13-15H,4-5,8-10H2,17H3;6-8H,1-5H2,10H3;2*1-5,7H. The third-order valence-corrected chi connectivity index (χ3v) is 13.3. The molecule has 3 aliphatic carbocycles. The molecule has 1 saturated heterocycles. The number of epoxide rings is 1. The number of aliphatic hydroxyl groups is 2. The van der Waals surface area contributed by atoms with Crippen LogP contribution in [-0.2, 0) is 4.74 Å². The summed E-state index contributed by atoms with van der Waals surface area (Å²) in [5.41, 5.74) is 0. The topological polar surface area (TPSA) is 112 Å². The summed E-state index contributed by atoms with van der Waals surface area (Å²) in [6, 6.07) is 41.2. The molecule has 7 nitrogen and oxygen atoms in total. The largest absolute Gasteiger partial charge is 0.508 e. The Labute approximate surface area is 357 Å². The molecule has 4 N–H and O–H groups in total. The Morgan fingerprint density at radius 1 is 0.500 bits per heavy atom. The minimum atomic E-state index is -0.290. The van der Waals surface area contributed by atoms with Crippen LogP contribution in [-0.4, -0.2) is 87.8 Å². The molecule has 4 aliphatic rings. The highest BCUT2D eigenvalue weighted by atomic mass is 28.2. The number of ether oxygens (including phenoxy) is 3. The van der Waals surface area contributed by atoms with E-state index in [0.29, 0.717) is 35.5 Å². The summed E-state index contributed by atoms with van der Waals surface area (Å²) in [5, 5.41) is 37.7. The molecule has 9 unspecified atom stereocenters. The third-order valence-electron chi connectivity index (χ3n) is 11.5. The fourth-order valence-corrected chi connectivity index (χ4v) is 10.8. The second kappa shape index (κ2) is 27.4. The van der Waals surface area contributed by atoms with Crippen LogP contribution in [0.4, 0.5) is 0 Å². The van der Waals surface area contributed by atoms with Crippen LogP contribution in [0.15, 0.2) is 121 Å². The third kappa shape index (κ3) is 17.5. The molecule has 10 heteroatoms. The van der Waals surface area contributed by atoms with Crippen LogP contribution in [0.2, 0.25) is 18.1 Å². The summed E-state index contributed by atoms with van der Waals surface area (Å²) in [4.78, 5) is 0. The van der Waals surface area contributed by atoms with Gasteiger partial charge in [-0.1, -0.05) is 117 Å². The lowest BCUT2D eigenvalue weighted by Gasteiger charge is -2.35. The van der Waals surface area contributed by atoms with Crippen LogP contribution in [0.3, 0.4) is 0 Å². The minimum Gasteiger partial charge on any atom is -0.508 e. The zero-order valence-electron chi connectivity index (χ0n) is 35.4. The van der Waals surface area contributed by atoms with E-state index in [4.69, 9.17) is 24.4 Å². The van der Waals surface area contributed by atoms with Gasteiger partial charge in [-0.15, -0.1) is 0 Å². The predicted molar refractivity (Wildman–Crippen MR) is 249 cm³/mol. The first-order chi connectivity index (χ1) is 28.3. The molecule has 0 bridgehead atoms. The van der Waals surface area contributed by atoms with E-state index in [1.54, 1.807) is 48.5 Å². The highest BCUT2D eigenvalue weighted by Crippen LogP contribution is 2.42. The van der Waals surface area contributed by atoms with Crippen molar-refractivity contribution in [3.05, 3.63) is 121 Å². The predicted octanol–water partition coefficient (Wildman–Crippen LogP) is 7.05. The molecule has 0 aromatic heterocycles. The van der Waals surface area contributed by atoms with Gasteiger partial charge in [0.2, 0.25) is 0 Å². The first-order valence-corrected chi connectivity index (χ1v) is 26.5. The number of phenols is 2. The molecule has 0 spiro atoms. The van der Waals surface area contributed by atoms with Gasteiger partial charge in [0, 0.05) is 30.7 Å². The van der Waals surface area contributed by atoms with E-state index in [1.165, 1.54) is 100 Å². The molecule has 58 heavy (non-hydrogen) atoms. The number of hydrogen-bond donors (Lipinski definition) is 4. The lowest BCUT2D eigenvalue weighted by Crippen LogP contribution is -2.41. The van der Waals surface area contributed by atoms with Crippen LogP contribution >= 0.6 is 0 Å². The molecule has 1 aliphatic heterocycles. The average molecular weight is 845 g/mol. The number of aromatic hydroxyl groups is 2. The van der Waals surface area contributed by atoms with Crippen molar-refractivity contribution in [1.82, 2.24) is 0 Å². The zero-order valence-corrected chi connectivity index (χ0v) is 41.4.